The van der Waals surface area contributed by atoms with Crippen LogP contribution in [0.15, 0.2) is 164 Å². The van der Waals surface area contributed by atoms with Gasteiger partial charge in [-0.2, -0.15) is 0 Å². The minimum Gasteiger partial charge on any atom is -0.264 e. The summed E-state index contributed by atoms with van der Waals surface area (Å²) in [5, 5.41) is 2.60. The van der Waals surface area contributed by atoms with Crippen LogP contribution < -0.4 is 0 Å². The average molecular weight is 628 g/mol. The van der Waals surface area contributed by atoms with Crippen molar-refractivity contribution in [3.8, 4) is 67.3 Å². The third-order valence-electron chi connectivity index (χ3n) is 9.98. The molecule has 0 bridgehead atoms. The Kier molecular flexibility index (Phi) is 6.80. The molecule has 3 nitrogen and oxygen atoms in total. The fourth-order valence-electron chi connectivity index (χ4n) is 7.44. The molecule has 2 aromatic heterocycles. The van der Waals surface area contributed by atoms with Crippen LogP contribution in [0.3, 0.4) is 0 Å². The topological polar surface area (TPSA) is 38.7 Å². The maximum atomic E-state index is 5.22. The van der Waals surface area contributed by atoms with E-state index in [0.29, 0.717) is 5.82 Å². The van der Waals surface area contributed by atoms with Crippen molar-refractivity contribution < 1.29 is 0 Å². The van der Waals surface area contributed by atoms with Gasteiger partial charge < -0.3 is 0 Å². The van der Waals surface area contributed by atoms with E-state index >= 15 is 0 Å². The summed E-state index contributed by atoms with van der Waals surface area (Å²) < 4.78 is 0. The predicted molar refractivity (Wildman–Crippen MR) is 202 cm³/mol. The van der Waals surface area contributed by atoms with Crippen LogP contribution in [-0.2, 0) is 5.41 Å². The van der Waals surface area contributed by atoms with Gasteiger partial charge in [0.15, 0.2) is 5.82 Å². The van der Waals surface area contributed by atoms with E-state index in [1.165, 1.54) is 44.2 Å². The Bertz CT molecular complexity index is 2380. The lowest BCUT2D eigenvalue weighted by Crippen LogP contribution is -2.15. The Hall–Kier alpha value is -6.19. The summed E-state index contributed by atoms with van der Waals surface area (Å²) in [7, 11) is 0. The van der Waals surface area contributed by atoms with Gasteiger partial charge in [-0.05, 0) is 73.5 Å². The summed E-state index contributed by atoms with van der Waals surface area (Å²) in [6, 6.07) is 53.9. The first-order valence-electron chi connectivity index (χ1n) is 16.8. The molecule has 0 unspecified atom stereocenters. The largest absolute Gasteiger partial charge is 0.264 e. The van der Waals surface area contributed by atoms with Gasteiger partial charge in [-0.1, -0.05) is 147 Å². The molecule has 0 spiro atoms. The molecule has 1 aliphatic rings. The van der Waals surface area contributed by atoms with Crippen molar-refractivity contribution in [1.82, 2.24) is 15.0 Å². The maximum Gasteiger partial charge on any atom is 0.160 e. The summed E-state index contributed by atoms with van der Waals surface area (Å²) >= 11 is 0. The quantitative estimate of drug-likeness (QED) is 0.191. The van der Waals surface area contributed by atoms with Crippen LogP contribution in [0.2, 0.25) is 0 Å². The predicted octanol–water partition coefficient (Wildman–Crippen LogP) is 11.7. The van der Waals surface area contributed by atoms with Gasteiger partial charge in [-0.25, -0.2) is 9.97 Å². The van der Waals surface area contributed by atoms with E-state index in [2.05, 4.69) is 158 Å². The van der Waals surface area contributed by atoms with Crippen LogP contribution in [-0.4, -0.2) is 15.0 Å². The van der Waals surface area contributed by atoms with Crippen molar-refractivity contribution in [3.05, 3.63) is 175 Å². The molecule has 0 amide bonds. The number of hydrogen-bond donors (Lipinski definition) is 0. The Morgan fingerprint density at radius 1 is 0.449 bits per heavy atom. The van der Waals surface area contributed by atoms with Gasteiger partial charge in [-0.3, -0.25) is 4.98 Å². The van der Waals surface area contributed by atoms with Gasteiger partial charge in [0.1, 0.15) is 0 Å². The second kappa shape index (κ2) is 11.5. The molecule has 0 radical (unpaired) electrons. The number of rotatable bonds is 5. The highest BCUT2D eigenvalue weighted by molar-refractivity contribution is 5.98. The third-order valence-corrected chi connectivity index (χ3v) is 9.98. The Labute approximate surface area is 286 Å². The first-order valence-corrected chi connectivity index (χ1v) is 16.8. The molecule has 0 saturated heterocycles. The number of nitrogens with zero attached hydrogens (tertiary/aromatic N) is 3. The van der Waals surface area contributed by atoms with Crippen LogP contribution in [0.25, 0.3) is 78.1 Å². The van der Waals surface area contributed by atoms with Gasteiger partial charge in [0, 0.05) is 34.5 Å². The van der Waals surface area contributed by atoms with Crippen LogP contribution in [0.5, 0.6) is 0 Å². The van der Waals surface area contributed by atoms with Gasteiger partial charge in [0.2, 0.25) is 0 Å². The van der Waals surface area contributed by atoms with Crippen LogP contribution in [0, 0.1) is 0 Å². The van der Waals surface area contributed by atoms with E-state index in [9.17, 15) is 0 Å². The van der Waals surface area contributed by atoms with E-state index in [1.54, 1.807) is 6.20 Å². The molecule has 6 aromatic carbocycles. The minimum atomic E-state index is -0.157. The molecule has 0 aliphatic heterocycles. The smallest absolute Gasteiger partial charge is 0.160 e. The Morgan fingerprint density at radius 2 is 1.04 bits per heavy atom. The molecule has 1 aliphatic carbocycles. The number of fused-ring (bicyclic) bond motifs is 5. The van der Waals surface area contributed by atoms with Gasteiger partial charge in [0.05, 0.1) is 11.4 Å². The van der Waals surface area contributed by atoms with E-state index in [-0.39, 0.29) is 5.41 Å². The van der Waals surface area contributed by atoms with E-state index in [0.717, 1.165) is 39.2 Å². The highest BCUT2D eigenvalue weighted by Gasteiger charge is 2.37. The lowest BCUT2D eigenvalue weighted by atomic mass is 9.80. The molecule has 0 N–H and O–H groups in total. The van der Waals surface area contributed by atoms with Crippen molar-refractivity contribution in [1.29, 1.82) is 0 Å². The van der Waals surface area contributed by atoms with Crippen LogP contribution >= 0.6 is 0 Å². The van der Waals surface area contributed by atoms with Crippen molar-refractivity contribution in [3.63, 3.8) is 0 Å². The monoisotopic (exact) mass is 627 g/mol. The second-order valence-corrected chi connectivity index (χ2v) is 13.3. The first-order chi connectivity index (χ1) is 24.0. The van der Waals surface area contributed by atoms with Crippen molar-refractivity contribution in [2.75, 3.05) is 0 Å². The standard InChI is InChI=1S/C46H33N3/c1-46(2)41-27-36(23-24-39(41)40-25-22-33-11-6-7-13-38(33)44(40)46)43-28-42(34-18-14-32(15-19-34)37-12-8-26-47-29-37)48-45(49-43)35-20-16-31(17-21-35)30-9-4-3-5-10-30/h3-29H,1-2H3. The number of benzene rings is 6. The Morgan fingerprint density at radius 3 is 1.80 bits per heavy atom. The van der Waals surface area contributed by atoms with Gasteiger partial charge in [-0.15, -0.1) is 0 Å². The van der Waals surface area contributed by atoms with E-state index < -0.39 is 0 Å². The molecule has 9 rings (SSSR count). The normalized spacial score (nSPS) is 12.9. The fraction of sp³-hybridized carbons (Fsp3) is 0.0652. The molecular weight excluding hydrogens is 595 g/mol. The molecule has 8 aromatic rings. The highest BCUT2D eigenvalue weighted by atomic mass is 14.9. The zero-order valence-electron chi connectivity index (χ0n) is 27.4. The zero-order valence-corrected chi connectivity index (χ0v) is 27.4. The fourth-order valence-corrected chi connectivity index (χ4v) is 7.44. The summed E-state index contributed by atoms with van der Waals surface area (Å²) in [6.45, 7) is 4.70. The Balaban J connectivity index is 1.16. The third kappa shape index (κ3) is 5.03. The summed E-state index contributed by atoms with van der Waals surface area (Å²) in [5.41, 5.74) is 14.6. The van der Waals surface area contributed by atoms with Crippen LogP contribution in [0.4, 0.5) is 0 Å². The second-order valence-electron chi connectivity index (χ2n) is 13.3. The van der Waals surface area contributed by atoms with Crippen molar-refractivity contribution in [2.24, 2.45) is 0 Å². The molecule has 49 heavy (non-hydrogen) atoms. The molecule has 2 heterocycles. The molecule has 0 atom stereocenters. The SMILES string of the molecule is CC1(C)c2cc(-c3cc(-c4ccc(-c5cccnc5)cc4)nc(-c4ccc(-c5ccccc5)cc4)n3)ccc2-c2ccc3ccccc3c21. The first kappa shape index (κ1) is 29.0. The summed E-state index contributed by atoms with van der Waals surface area (Å²) in [5.74, 6) is 0.706. The maximum absolute atomic E-state index is 5.22. The minimum absolute atomic E-state index is 0.157. The molecule has 3 heteroatoms. The molecule has 0 saturated carbocycles. The summed E-state index contributed by atoms with van der Waals surface area (Å²) in [6.07, 6.45) is 3.70. The lowest BCUT2D eigenvalue weighted by Gasteiger charge is -2.23. The van der Waals surface area contributed by atoms with E-state index in [4.69, 9.17) is 9.97 Å². The zero-order chi connectivity index (χ0) is 33.0. The number of aromatic nitrogens is 3. The number of pyridine rings is 1. The van der Waals surface area contributed by atoms with E-state index in [1.807, 2.05) is 18.3 Å². The molecule has 232 valence electrons. The highest BCUT2D eigenvalue weighted by Crippen LogP contribution is 2.52. The van der Waals surface area contributed by atoms with Crippen molar-refractivity contribution >= 4 is 10.8 Å². The lowest BCUT2D eigenvalue weighted by molar-refractivity contribution is 0.666. The number of hydrogen-bond acceptors (Lipinski definition) is 3. The van der Waals surface area contributed by atoms with Crippen molar-refractivity contribution in [2.45, 2.75) is 19.3 Å². The average Bonchev–Trinajstić information content (AvgIpc) is 3.41. The van der Waals surface area contributed by atoms with Crippen LogP contribution in [0.1, 0.15) is 25.0 Å². The summed E-state index contributed by atoms with van der Waals surface area (Å²) in [4.78, 5) is 14.7. The van der Waals surface area contributed by atoms with Gasteiger partial charge >= 0.3 is 0 Å². The molecule has 0 fully saturated rings. The molecular formula is C46H33N3. The van der Waals surface area contributed by atoms with Gasteiger partial charge in [0.25, 0.3) is 0 Å².